The predicted molar refractivity (Wildman–Crippen MR) is 151 cm³/mol. The summed E-state index contributed by atoms with van der Waals surface area (Å²) < 4.78 is 34.6. The minimum atomic E-state index is -3.58. The van der Waals surface area contributed by atoms with Gasteiger partial charge in [-0.2, -0.15) is 4.31 Å². The monoisotopic (exact) mass is 563 g/mol. The smallest absolute Gasteiger partial charge is 0.243 e. The second kappa shape index (κ2) is 12.1. The van der Waals surface area contributed by atoms with E-state index < -0.39 is 10.0 Å². The Morgan fingerprint density at radius 3 is 2.05 bits per heavy atom. The Kier molecular flexibility index (Phi) is 8.41. The second-order valence-corrected chi connectivity index (χ2v) is 11.7. The SMILES string of the molecule is CCn1c(SCC(=O)N(c2ccccc2)c2ccccc2)nnc1-c1ccc(S(=O)(=O)N2CCOCC2)cc1. The molecule has 0 unspecified atom stereocenters. The van der Waals surface area contributed by atoms with E-state index in [2.05, 4.69) is 10.2 Å². The van der Waals surface area contributed by atoms with Crippen LogP contribution in [-0.2, 0) is 26.1 Å². The van der Waals surface area contributed by atoms with Crippen LogP contribution in [0.3, 0.4) is 0 Å². The summed E-state index contributed by atoms with van der Waals surface area (Å²) in [7, 11) is -3.58. The van der Waals surface area contributed by atoms with Gasteiger partial charge in [0.1, 0.15) is 0 Å². The number of amides is 1. The summed E-state index contributed by atoms with van der Waals surface area (Å²) in [6.45, 7) is 4.06. The fourth-order valence-corrected chi connectivity index (χ4v) is 6.65. The Morgan fingerprint density at radius 1 is 0.897 bits per heavy atom. The normalized spacial score (nSPS) is 14.3. The van der Waals surface area contributed by atoms with Crippen molar-refractivity contribution in [1.29, 1.82) is 0 Å². The van der Waals surface area contributed by atoms with Crippen LogP contribution in [0.1, 0.15) is 6.92 Å². The molecule has 4 aromatic rings. The molecule has 1 aliphatic rings. The van der Waals surface area contributed by atoms with E-state index in [1.165, 1.54) is 16.1 Å². The Bertz CT molecular complexity index is 1470. The molecule has 202 valence electrons. The number of carbonyl (C=O) groups is 1. The Hall–Kier alpha value is -3.51. The van der Waals surface area contributed by atoms with Gasteiger partial charge in [0.2, 0.25) is 15.9 Å². The lowest BCUT2D eigenvalue weighted by Crippen LogP contribution is -2.40. The average Bonchev–Trinajstić information content (AvgIpc) is 3.41. The molecule has 39 heavy (non-hydrogen) atoms. The summed E-state index contributed by atoms with van der Waals surface area (Å²) in [4.78, 5) is 15.4. The molecule has 0 N–H and O–H groups in total. The van der Waals surface area contributed by atoms with Crippen LogP contribution in [0.25, 0.3) is 11.4 Å². The van der Waals surface area contributed by atoms with Gasteiger partial charge in [0.25, 0.3) is 0 Å². The van der Waals surface area contributed by atoms with Crippen LogP contribution in [0.15, 0.2) is 95.0 Å². The first-order chi connectivity index (χ1) is 19.0. The molecule has 1 aromatic heterocycles. The number of anilines is 2. The Morgan fingerprint density at radius 2 is 1.49 bits per heavy atom. The highest BCUT2D eigenvalue weighted by Crippen LogP contribution is 2.29. The molecular weight excluding hydrogens is 534 g/mol. The number of benzene rings is 3. The van der Waals surface area contributed by atoms with Crippen molar-refractivity contribution in [3.05, 3.63) is 84.9 Å². The van der Waals surface area contributed by atoms with Crippen LogP contribution in [-0.4, -0.2) is 65.5 Å². The average molecular weight is 564 g/mol. The number of para-hydroxylation sites is 2. The number of nitrogens with zero attached hydrogens (tertiary/aromatic N) is 5. The van der Waals surface area contributed by atoms with Gasteiger partial charge in [0.15, 0.2) is 11.0 Å². The fourth-order valence-electron chi connectivity index (χ4n) is 4.39. The van der Waals surface area contributed by atoms with Crippen molar-refractivity contribution in [3.8, 4) is 11.4 Å². The highest BCUT2D eigenvalue weighted by molar-refractivity contribution is 7.99. The first-order valence-corrected chi connectivity index (χ1v) is 15.1. The molecule has 11 heteroatoms. The number of ether oxygens (including phenoxy) is 1. The molecule has 9 nitrogen and oxygen atoms in total. The third-order valence-corrected chi connectivity index (χ3v) is 9.22. The topological polar surface area (TPSA) is 97.6 Å². The molecule has 0 radical (unpaired) electrons. The number of sulfonamides is 1. The largest absolute Gasteiger partial charge is 0.379 e. The van der Waals surface area contributed by atoms with Crippen LogP contribution >= 0.6 is 11.8 Å². The first-order valence-electron chi connectivity index (χ1n) is 12.7. The zero-order valence-electron chi connectivity index (χ0n) is 21.5. The van der Waals surface area contributed by atoms with Crippen molar-refractivity contribution in [3.63, 3.8) is 0 Å². The molecule has 0 aliphatic carbocycles. The van der Waals surface area contributed by atoms with Gasteiger partial charge in [0, 0.05) is 36.6 Å². The Balaban J connectivity index is 1.33. The Labute approximate surface area is 232 Å². The molecule has 1 aliphatic heterocycles. The van der Waals surface area contributed by atoms with Gasteiger partial charge in [0.05, 0.1) is 23.9 Å². The molecule has 1 fully saturated rings. The van der Waals surface area contributed by atoms with Gasteiger partial charge in [-0.15, -0.1) is 10.2 Å². The van der Waals surface area contributed by atoms with E-state index >= 15 is 0 Å². The minimum absolute atomic E-state index is 0.0812. The summed E-state index contributed by atoms with van der Waals surface area (Å²) in [5, 5.41) is 9.34. The van der Waals surface area contributed by atoms with Gasteiger partial charge in [-0.3, -0.25) is 9.69 Å². The zero-order chi connectivity index (χ0) is 27.2. The third-order valence-electron chi connectivity index (χ3n) is 6.36. The van der Waals surface area contributed by atoms with Crippen LogP contribution in [0, 0.1) is 0 Å². The van der Waals surface area contributed by atoms with Gasteiger partial charge in [-0.1, -0.05) is 48.2 Å². The molecule has 0 bridgehead atoms. The van der Waals surface area contributed by atoms with Gasteiger partial charge in [-0.25, -0.2) is 8.42 Å². The molecule has 5 rings (SSSR count). The van der Waals surface area contributed by atoms with Crippen molar-refractivity contribution < 1.29 is 17.9 Å². The van der Waals surface area contributed by atoms with E-state index in [1.54, 1.807) is 29.2 Å². The number of rotatable bonds is 9. The van der Waals surface area contributed by atoms with Gasteiger partial charge in [-0.05, 0) is 55.5 Å². The number of carbonyl (C=O) groups excluding carboxylic acids is 1. The zero-order valence-corrected chi connectivity index (χ0v) is 23.1. The lowest BCUT2D eigenvalue weighted by molar-refractivity contribution is -0.115. The van der Waals surface area contributed by atoms with Crippen LogP contribution in [0.5, 0.6) is 0 Å². The molecule has 0 spiro atoms. The van der Waals surface area contributed by atoms with Gasteiger partial charge >= 0.3 is 0 Å². The van der Waals surface area contributed by atoms with E-state index in [4.69, 9.17) is 4.74 Å². The molecule has 0 saturated carbocycles. The maximum Gasteiger partial charge on any atom is 0.243 e. The molecule has 1 amide bonds. The number of thioether (sulfide) groups is 1. The third kappa shape index (κ3) is 5.91. The maximum absolute atomic E-state index is 13.4. The van der Waals surface area contributed by atoms with Gasteiger partial charge < -0.3 is 9.30 Å². The van der Waals surface area contributed by atoms with E-state index in [-0.39, 0.29) is 16.6 Å². The van der Waals surface area contributed by atoms with E-state index in [0.717, 1.165) is 16.9 Å². The lowest BCUT2D eigenvalue weighted by Gasteiger charge is -2.26. The van der Waals surface area contributed by atoms with Crippen LogP contribution < -0.4 is 4.90 Å². The minimum Gasteiger partial charge on any atom is -0.379 e. The lowest BCUT2D eigenvalue weighted by atomic mass is 10.2. The quantitative estimate of drug-likeness (QED) is 0.278. The summed E-state index contributed by atoms with van der Waals surface area (Å²) in [6.07, 6.45) is 0. The van der Waals surface area contributed by atoms with Crippen molar-refractivity contribution in [2.24, 2.45) is 0 Å². The van der Waals surface area contributed by atoms with Crippen LogP contribution in [0.2, 0.25) is 0 Å². The summed E-state index contributed by atoms with van der Waals surface area (Å²) in [5.41, 5.74) is 2.33. The van der Waals surface area contributed by atoms with Crippen molar-refractivity contribution in [2.75, 3.05) is 37.0 Å². The first kappa shape index (κ1) is 27.1. The summed E-state index contributed by atoms with van der Waals surface area (Å²) in [5.74, 6) is 0.701. The molecule has 2 heterocycles. The fraction of sp³-hybridized carbons (Fsp3) is 0.250. The van der Waals surface area contributed by atoms with Crippen molar-refractivity contribution >= 4 is 39.1 Å². The number of hydrogen-bond acceptors (Lipinski definition) is 7. The highest BCUT2D eigenvalue weighted by Gasteiger charge is 2.26. The number of aromatic nitrogens is 3. The molecule has 3 aromatic carbocycles. The van der Waals surface area contributed by atoms with Crippen molar-refractivity contribution in [2.45, 2.75) is 23.5 Å². The number of morpholine rings is 1. The molecule has 0 atom stereocenters. The summed E-state index contributed by atoms with van der Waals surface area (Å²) in [6, 6.07) is 25.8. The molecule has 1 saturated heterocycles. The maximum atomic E-state index is 13.4. The van der Waals surface area contributed by atoms with E-state index in [1.807, 2.05) is 72.2 Å². The number of hydrogen-bond donors (Lipinski definition) is 0. The van der Waals surface area contributed by atoms with E-state index in [9.17, 15) is 13.2 Å². The van der Waals surface area contributed by atoms with Crippen molar-refractivity contribution in [1.82, 2.24) is 19.1 Å². The van der Waals surface area contributed by atoms with Crippen LogP contribution in [0.4, 0.5) is 11.4 Å². The van der Waals surface area contributed by atoms with E-state index in [0.29, 0.717) is 43.8 Å². The standard InChI is InChI=1S/C28H29N5O4S2/c1-2-32-27(22-13-15-25(16-14-22)39(35,36)31-17-19-37-20-18-31)29-30-28(32)38-21-26(34)33(23-9-5-3-6-10-23)24-11-7-4-8-12-24/h3-16H,2,17-21H2,1H3. The predicted octanol–water partition coefficient (Wildman–Crippen LogP) is 4.44. The summed E-state index contributed by atoms with van der Waals surface area (Å²) >= 11 is 1.32. The highest BCUT2D eigenvalue weighted by atomic mass is 32.2. The molecular formula is C28H29N5O4S2. The second-order valence-electron chi connectivity index (χ2n) is 8.78.